The summed E-state index contributed by atoms with van der Waals surface area (Å²) in [5.74, 6) is 0.250. The summed E-state index contributed by atoms with van der Waals surface area (Å²) in [4.78, 5) is 23.8. The summed E-state index contributed by atoms with van der Waals surface area (Å²) in [6, 6.07) is 24.2. The number of ether oxygens (including phenoxy) is 3. The lowest BCUT2D eigenvalue weighted by atomic mass is 10.2. The molecule has 0 spiro atoms. The van der Waals surface area contributed by atoms with Crippen molar-refractivity contribution in [3.05, 3.63) is 90.0 Å². The van der Waals surface area contributed by atoms with E-state index in [9.17, 15) is 9.59 Å². The molecular weight excluding hydrogens is 382 g/mol. The van der Waals surface area contributed by atoms with Gasteiger partial charge < -0.3 is 19.5 Å². The second kappa shape index (κ2) is 10.7. The minimum absolute atomic E-state index is 0.258. The Labute approximate surface area is 175 Å². The number of nitrogens with one attached hydrogen (secondary N) is 1. The molecule has 0 saturated heterocycles. The van der Waals surface area contributed by atoms with E-state index in [0.717, 1.165) is 11.1 Å². The zero-order valence-electron chi connectivity index (χ0n) is 16.7. The fourth-order valence-corrected chi connectivity index (χ4v) is 2.62. The molecule has 6 nitrogen and oxygen atoms in total. The monoisotopic (exact) mass is 405 g/mol. The van der Waals surface area contributed by atoms with Crippen molar-refractivity contribution in [1.82, 2.24) is 0 Å². The van der Waals surface area contributed by atoms with Crippen LogP contribution >= 0.6 is 0 Å². The van der Waals surface area contributed by atoms with Crippen LogP contribution in [0.4, 0.5) is 5.69 Å². The highest BCUT2D eigenvalue weighted by molar-refractivity contribution is 5.92. The van der Waals surface area contributed by atoms with Gasteiger partial charge in [0.05, 0.1) is 0 Å². The lowest BCUT2D eigenvalue weighted by molar-refractivity contribution is -0.149. The molecular formula is C24H23NO5. The summed E-state index contributed by atoms with van der Waals surface area (Å²) in [6.07, 6.45) is 0. The van der Waals surface area contributed by atoms with Crippen molar-refractivity contribution >= 4 is 17.6 Å². The zero-order chi connectivity index (χ0) is 21.2. The minimum Gasteiger partial charge on any atom is -0.489 e. The molecule has 0 aliphatic heterocycles. The minimum atomic E-state index is -0.613. The molecule has 30 heavy (non-hydrogen) atoms. The first-order chi connectivity index (χ1) is 14.6. The van der Waals surface area contributed by atoms with Gasteiger partial charge in [0, 0.05) is 5.69 Å². The van der Waals surface area contributed by atoms with Crippen molar-refractivity contribution in [2.75, 3.05) is 18.5 Å². The van der Waals surface area contributed by atoms with Crippen LogP contribution in [0.5, 0.6) is 11.5 Å². The Morgan fingerprint density at radius 1 is 0.800 bits per heavy atom. The lowest BCUT2D eigenvalue weighted by Crippen LogP contribution is -2.23. The number of anilines is 1. The summed E-state index contributed by atoms with van der Waals surface area (Å²) in [5.41, 5.74) is 2.57. The van der Waals surface area contributed by atoms with E-state index in [4.69, 9.17) is 14.2 Å². The average molecular weight is 405 g/mol. The molecule has 0 aromatic heterocycles. The predicted molar refractivity (Wildman–Crippen MR) is 113 cm³/mol. The summed E-state index contributed by atoms with van der Waals surface area (Å²) in [7, 11) is 0. The molecule has 0 heterocycles. The third-order valence-electron chi connectivity index (χ3n) is 4.19. The maximum Gasteiger partial charge on any atom is 0.344 e. The van der Waals surface area contributed by atoms with Gasteiger partial charge in [-0.2, -0.15) is 0 Å². The number of rotatable bonds is 9. The molecule has 0 radical (unpaired) electrons. The maximum absolute atomic E-state index is 12.0. The Balaban J connectivity index is 1.38. The molecule has 0 bridgehead atoms. The first-order valence-electron chi connectivity index (χ1n) is 9.51. The van der Waals surface area contributed by atoms with Gasteiger partial charge in [0.1, 0.15) is 18.1 Å². The van der Waals surface area contributed by atoms with Crippen molar-refractivity contribution in [3.8, 4) is 11.5 Å². The molecule has 1 amide bonds. The van der Waals surface area contributed by atoms with Crippen molar-refractivity contribution in [1.29, 1.82) is 0 Å². The molecule has 0 aliphatic rings. The standard InChI is InChI=1S/C24H23NO5/c1-18-7-5-6-10-22(18)29-17-24(27)30-16-23(26)25-20-11-13-21(14-12-20)28-15-19-8-3-2-4-9-19/h2-14H,15-17H2,1H3,(H,25,26). The van der Waals surface area contributed by atoms with E-state index < -0.39 is 11.9 Å². The Hall–Kier alpha value is -3.80. The molecule has 1 N–H and O–H groups in total. The topological polar surface area (TPSA) is 73.9 Å². The van der Waals surface area contributed by atoms with E-state index in [-0.39, 0.29) is 13.2 Å². The third kappa shape index (κ3) is 6.67. The molecule has 3 aromatic rings. The number of hydrogen-bond donors (Lipinski definition) is 1. The first kappa shape index (κ1) is 20.9. The Morgan fingerprint density at radius 2 is 1.50 bits per heavy atom. The van der Waals surface area contributed by atoms with Crippen molar-refractivity contribution in [2.24, 2.45) is 0 Å². The second-order valence-corrected chi connectivity index (χ2v) is 6.56. The van der Waals surface area contributed by atoms with Crippen LogP contribution in [0.25, 0.3) is 0 Å². The second-order valence-electron chi connectivity index (χ2n) is 6.56. The summed E-state index contributed by atoms with van der Waals surface area (Å²) in [6.45, 7) is 1.70. The van der Waals surface area contributed by atoms with Gasteiger partial charge in [0.25, 0.3) is 5.91 Å². The van der Waals surface area contributed by atoms with Crippen molar-refractivity contribution in [2.45, 2.75) is 13.5 Å². The van der Waals surface area contributed by atoms with Crippen LogP contribution in [0, 0.1) is 6.92 Å². The molecule has 154 valence electrons. The normalized spacial score (nSPS) is 10.2. The number of benzene rings is 3. The number of carbonyl (C=O) groups excluding carboxylic acids is 2. The predicted octanol–water partition coefficient (Wildman–Crippen LogP) is 4.13. The highest BCUT2D eigenvalue weighted by Crippen LogP contribution is 2.17. The number of amides is 1. The van der Waals surface area contributed by atoms with Gasteiger partial charge in [-0.1, -0.05) is 48.5 Å². The third-order valence-corrected chi connectivity index (χ3v) is 4.19. The number of carbonyl (C=O) groups is 2. The highest BCUT2D eigenvalue weighted by atomic mass is 16.6. The van der Waals surface area contributed by atoms with Gasteiger partial charge in [-0.15, -0.1) is 0 Å². The van der Waals surface area contributed by atoms with Crippen molar-refractivity contribution < 1.29 is 23.8 Å². The number of hydrogen-bond acceptors (Lipinski definition) is 5. The fourth-order valence-electron chi connectivity index (χ4n) is 2.62. The van der Waals surface area contributed by atoms with Crippen LogP contribution in [0.3, 0.4) is 0 Å². The van der Waals surface area contributed by atoms with Crippen LogP contribution in [0.2, 0.25) is 0 Å². The van der Waals surface area contributed by atoms with E-state index in [1.807, 2.05) is 55.5 Å². The lowest BCUT2D eigenvalue weighted by Gasteiger charge is -2.10. The molecule has 0 unspecified atom stereocenters. The molecule has 0 fully saturated rings. The molecule has 6 heteroatoms. The van der Waals surface area contributed by atoms with Crippen LogP contribution in [0.1, 0.15) is 11.1 Å². The fraction of sp³-hybridized carbons (Fsp3) is 0.167. The van der Waals surface area contributed by atoms with Gasteiger partial charge >= 0.3 is 5.97 Å². The van der Waals surface area contributed by atoms with Crippen LogP contribution in [0.15, 0.2) is 78.9 Å². The molecule has 3 aromatic carbocycles. The zero-order valence-corrected chi connectivity index (χ0v) is 16.7. The average Bonchev–Trinajstić information content (AvgIpc) is 2.77. The molecule has 0 aliphatic carbocycles. The summed E-state index contributed by atoms with van der Waals surface area (Å²) < 4.78 is 16.1. The van der Waals surface area contributed by atoms with E-state index in [0.29, 0.717) is 23.8 Å². The molecule has 0 saturated carbocycles. The SMILES string of the molecule is Cc1ccccc1OCC(=O)OCC(=O)Nc1ccc(OCc2ccccc2)cc1. The largest absolute Gasteiger partial charge is 0.489 e. The maximum atomic E-state index is 12.0. The van der Waals surface area contributed by atoms with Crippen LogP contribution in [-0.4, -0.2) is 25.1 Å². The van der Waals surface area contributed by atoms with Crippen LogP contribution < -0.4 is 14.8 Å². The highest BCUT2D eigenvalue weighted by Gasteiger charge is 2.10. The van der Waals surface area contributed by atoms with Crippen molar-refractivity contribution in [3.63, 3.8) is 0 Å². The first-order valence-corrected chi connectivity index (χ1v) is 9.51. The van der Waals surface area contributed by atoms with E-state index in [2.05, 4.69) is 5.32 Å². The van der Waals surface area contributed by atoms with E-state index >= 15 is 0 Å². The van der Waals surface area contributed by atoms with Gasteiger partial charge in [0.15, 0.2) is 13.2 Å². The summed E-state index contributed by atoms with van der Waals surface area (Å²) in [5, 5.41) is 2.67. The Morgan fingerprint density at radius 3 is 2.23 bits per heavy atom. The Kier molecular flexibility index (Phi) is 7.44. The van der Waals surface area contributed by atoms with Gasteiger partial charge in [-0.3, -0.25) is 4.79 Å². The van der Waals surface area contributed by atoms with Gasteiger partial charge in [0.2, 0.25) is 0 Å². The van der Waals surface area contributed by atoms with Gasteiger partial charge in [-0.25, -0.2) is 4.79 Å². The number of aryl methyl sites for hydroxylation is 1. The quantitative estimate of drug-likeness (QED) is 0.542. The van der Waals surface area contributed by atoms with E-state index in [1.54, 1.807) is 30.3 Å². The van der Waals surface area contributed by atoms with Gasteiger partial charge in [-0.05, 0) is 48.4 Å². The Bertz CT molecular complexity index is 970. The number of esters is 1. The smallest absolute Gasteiger partial charge is 0.344 e. The molecule has 3 rings (SSSR count). The van der Waals surface area contributed by atoms with E-state index in [1.165, 1.54) is 0 Å². The number of para-hydroxylation sites is 1. The molecule has 0 atom stereocenters. The summed E-state index contributed by atoms with van der Waals surface area (Å²) >= 11 is 0. The van der Waals surface area contributed by atoms with Crippen LogP contribution in [-0.2, 0) is 20.9 Å².